The molecule has 1 aliphatic heterocycles. The summed E-state index contributed by atoms with van der Waals surface area (Å²) in [7, 11) is 4.68. The van der Waals surface area contributed by atoms with Gasteiger partial charge < -0.3 is 24.4 Å². The lowest BCUT2D eigenvalue weighted by molar-refractivity contribution is 0.195. The summed E-state index contributed by atoms with van der Waals surface area (Å²) in [4.78, 5) is 18.1. The number of ether oxygens (including phenoxy) is 3. The maximum atomic E-state index is 13.6. The molecule has 0 aliphatic carbocycles. The molecule has 33 heavy (non-hydrogen) atoms. The molecule has 1 aromatic heterocycles. The van der Waals surface area contributed by atoms with E-state index in [2.05, 4.69) is 31.3 Å². The largest absolute Gasteiger partial charge is 0.493 e. The van der Waals surface area contributed by atoms with Gasteiger partial charge in [0.25, 0.3) is 0 Å². The second kappa shape index (κ2) is 9.75. The van der Waals surface area contributed by atoms with Crippen molar-refractivity contribution in [2.75, 3.05) is 33.2 Å². The Balaban J connectivity index is 1.71. The van der Waals surface area contributed by atoms with E-state index >= 15 is 0 Å². The van der Waals surface area contributed by atoms with Crippen LogP contribution in [0.4, 0.5) is 10.5 Å². The van der Waals surface area contributed by atoms with Crippen molar-refractivity contribution in [3.63, 3.8) is 0 Å². The average molecular weight is 467 g/mol. The van der Waals surface area contributed by atoms with Crippen LogP contribution in [0, 0.1) is 6.92 Å². The number of anilines is 1. The second-order valence-electron chi connectivity index (χ2n) is 7.93. The van der Waals surface area contributed by atoms with Crippen LogP contribution >= 0.6 is 11.3 Å². The minimum Gasteiger partial charge on any atom is -0.493 e. The number of carbonyl (C=O) groups excluding carboxylic acids is 1. The number of aryl methyl sites for hydroxylation is 1. The van der Waals surface area contributed by atoms with Crippen LogP contribution in [-0.4, -0.2) is 38.8 Å². The molecule has 0 saturated heterocycles. The molecule has 1 unspecified atom stereocenters. The second-order valence-corrected chi connectivity index (χ2v) is 9.19. The van der Waals surface area contributed by atoms with E-state index in [0.29, 0.717) is 29.5 Å². The molecule has 2 amide bonds. The molecule has 6 nitrogen and oxygen atoms in total. The lowest BCUT2D eigenvalue weighted by Gasteiger charge is -2.36. The number of urea groups is 1. The van der Waals surface area contributed by atoms with Gasteiger partial charge in [-0.05, 0) is 36.5 Å². The smallest absolute Gasteiger partial charge is 0.322 e. The predicted octanol–water partition coefficient (Wildman–Crippen LogP) is 5.82. The summed E-state index contributed by atoms with van der Waals surface area (Å²) < 4.78 is 16.3. The van der Waals surface area contributed by atoms with E-state index in [1.54, 1.807) is 33.5 Å². The third kappa shape index (κ3) is 4.25. The zero-order valence-corrected chi connectivity index (χ0v) is 20.5. The van der Waals surface area contributed by atoms with Gasteiger partial charge in [-0.3, -0.25) is 0 Å². The Hall–Kier alpha value is -3.19. The highest BCUT2D eigenvalue weighted by atomic mass is 32.1. The molecule has 3 aromatic rings. The standard InChI is InChI=1S/C26H30N2O4S/c1-6-19-16(2)33-25-20(19)12-13-28(23(25)17-10-8-7-9-11-17)26(29)27-18-14-21(30-3)24(32-5)22(15-18)31-4/h7-11,14-15,23H,6,12-13H2,1-5H3,(H,27,29). The number of benzene rings is 2. The molecule has 0 radical (unpaired) electrons. The highest BCUT2D eigenvalue weighted by Gasteiger charge is 2.35. The molecular formula is C26H30N2O4S. The van der Waals surface area contributed by atoms with Crippen LogP contribution in [0.15, 0.2) is 42.5 Å². The summed E-state index contributed by atoms with van der Waals surface area (Å²) in [6.45, 7) is 5.03. The number of hydrogen-bond acceptors (Lipinski definition) is 5. The number of amides is 2. The van der Waals surface area contributed by atoms with Crippen LogP contribution in [-0.2, 0) is 12.8 Å². The molecular weight excluding hydrogens is 436 g/mol. The Kier molecular flexibility index (Phi) is 6.79. The van der Waals surface area contributed by atoms with Gasteiger partial charge in [0.2, 0.25) is 5.75 Å². The van der Waals surface area contributed by atoms with Crippen molar-refractivity contribution in [2.24, 2.45) is 0 Å². The van der Waals surface area contributed by atoms with Crippen molar-refractivity contribution in [1.82, 2.24) is 4.90 Å². The Morgan fingerprint density at radius 1 is 1.09 bits per heavy atom. The fourth-order valence-corrected chi connectivity index (χ4v) is 6.09. The Labute approximate surface area is 199 Å². The fraction of sp³-hybridized carbons (Fsp3) is 0.346. The first kappa shape index (κ1) is 23.0. The number of thiophene rings is 1. The zero-order valence-electron chi connectivity index (χ0n) is 19.7. The number of methoxy groups -OCH3 is 3. The monoisotopic (exact) mass is 466 g/mol. The Morgan fingerprint density at radius 2 is 1.76 bits per heavy atom. The molecule has 1 atom stereocenters. The first-order valence-electron chi connectivity index (χ1n) is 11.1. The van der Waals surface area contributed by atoms with E-state index in [0.717, 1.165) is 18.4 Å². The van der Waals surface area contributed by atoms with Gasteiger partial charge in [0.15, 0.2) is 11.5 Å². The number of nitrogens with zero attached hydrogens (tertiary/aromatic N) is 1. The number of carbonyl (C=O) groups is 1. The quantitative estimate of drug-likeness (QED) is 0.497. The van der Waals surface area contributed by atoms with E-state index in [1.165, 1.54) is 20.9 Å². The molecule has 1 aliphatic rings. The van der Waals surface area contributed by atoms with Gasteiger partial charge in [0, 0.05) is 28.4 Å². The fourth-order valence-electron chi connectivity index (χ4n) is 4.64. The minimum atomic E-state index is -0.159. The summed E-state index contributed by atoms with van der Waals surface area (Å²) >= 11 is 1.81. The summed E-state index contributed by atoms with van der Waals surface area (Å²) in [6, 6.07) is 13.5. The molecule has 0 fully saturated rings. The lowest BCUT2D eigenvalue weighted by Crippen LogP contribution is -2.42. The third-order valence-corrected chi connectivity index (χ3v) is 7.40. The third-order valence-electron chi connectivity index (χ3n) is 6.16. The lowest BCUT2D eigenvalue weighted by atomic mass is 9.92. The molecule has 174 valence electrons. The number of nitrogens with one attached hydrogen (secondary N) is 1. The van der Waals surface area contributed by atoms with Crippen molar-refractivity contribution in [2.45, 2.75) is 32.7 Å². The molecule has 2 aromatic carbocycles. The topological polar surface area (TPSA) is 60.0 Å². The van der Waals surface area contributed by atoms with Crippen molar-refractivity contribution in [3.8, 4) is 17.2 Å². The molecule has 0 bridgehead atoms. The molecule has 1 N–H and O–H groups in total. The van der Waals surface area contributed by atoms with E-state index < -0.39 is 0 Å². The highest BCUT2D eigenvalue weighted by Crippen LogP contribution is 2.44. The summed E-state index contributed by atoms with van der Waals surface area (Å²) in [5, 5.41) is 3.05. The molecule has 0 spiro atoms. The SMILES string of the molecule is CCc1c(C)sc2c1CCN(C(=O)Nc1cc(OC)c(OC)c(OC)c1)C2c1ccccc1. The van der Waals surface area contributed by atoms with E-state index in [1.807, 2.05) is 34.4 Å². The van der Waals surface area contributed by atoms with Gasteiger partial charge in [0.05, 0.1) is 33.1 Å². The highest BCUT2D eigenvalue weighted by molar-refractivity contribution is 7.12. The van der Waals surface area contributed by atoms with Crippen molar-refractivity contribution < 1.29 is 19.0 Å². The van der Waals surface area contributed by atoms with Gasteiger partial charge >= 0.3 is 6.03 Å². The zero-order chi connectivity index (χ0) is 23.5. The van der Waals surface area contributed by atoms with Gasteiger partial charge in [-0.25, -0.2) is 4.79 Å². The van der Waals surface area contributed by atoms with Crippen LogP contribution in [0.3, 0.4) is 0 Å². The first-order valence-corrected chi connectivity index (χ1v) is 11.9. The molecule has 0 saturated carbocycles. The van der Waals surface area contributed by atoms with Gasteiger partial charge in [-0.15, -0.1) is 11.3 Å². The average Bonchev–Trinajstić information content (AvgIpc) is 3.17. The molecule has 2 heterocycles. The van der Waals surface area contributed by atoms with Crippen LogP contribution < -0.4 is 19.5 Å². The predicted molar refractivity (Wildman–Crippen MR) is 132 cm³/mol. The van der Waals surface area contributed by atoms with Crippen LogP contribution in [0.5, 0.6) is 17.2 Å². The van der Waals surface area contributed by atoms with Gasteiger partial charge in [0.1, 0.15) is 0 Å². The normalized spacial score (nSPS) is 15.1. The molecule has 7 heteroatoms. The number of rotatable bonds is 6. The van der Waals surface area contributed by atoms with Gasteiger partial charge in [-0.1, -0.05) is 37.3 Å². The summed E-state index contributed by atoms with van der Waals surface area (Å²) in [5.41, 5.74) is 4.54. The molecule has 4 rings (SSSR count). The number of fused-ring (bicyclic) bond motifs is 1. The number of hydrogen-bond donors (Lipinski definition) is 1. The van der Waals surface area contributed by atoms with E-state index in [4.69, 9.17) is 14.2 Å². The first-order chi connectivity index (χ1) is 16.0. The van der Waals surface area contributed by atoms with Crippen molar-refractivity contribution in [3.05, 3.63) is 68.9 Å². The maximum Gasteiger partial charge on any atom is 0.322 e. The Morgan fingerprint density at radius 3 is 2.33 bits per heavy atom. The summed E-state index contributed by atoms with van der Waals surface area (Å²) in [6.07, 6.45) is 1.87. The van der Waals surface area contributed by atoms with Crippen molar-refractivity contribution >= 4 is 23.1 Å². The summed E-state index contributed by atoms with van der Waals surface area (Å²) in [5.74, 6) is 1.48. The van der Waals surface area contributed by atoms with Crippen molar-refractivity contribution in [1.29, 1.82) is 0 Å². The van der Waals surface area contributed by atoms with Gasteiger partial charge in [-0.2, -0.15) is 0 Å². The van der Waals surface area contributed by atoms with E-state index in [-0.39, 0.29) is 12.1 Å². The van der Waals surface area contributed by atoms with E-state index in [9.17, 15) is 4.79 Å². The van der Waals surface area contributed by atoms with Crippen LogP contribution in [0.25, 0.3) is 0 Å². The van der Waals surface area contributed by atoms with Crippen LogP contribution in [0.1, 0.15) is 39.4 Å². The Bertz CT molecular complexity index is 1120. The maximum absolute atomic E-state index is 13.6. The van der Waals surface area contributed by atoms with Crippen LogP contribution in [0.2, 0.25) is 0 Å². The minimum absolute atomic E-state index is 0.124.